The maximum Gasteiger partial charge on any atom is 0.121 e. The van der Waals surface area contributed by atoms with Gasteiger partial charge in [-0.25, -0.2) is 0 Å². The molecule has 0 radical (unpaired) electrons. The van der Waals surface area contributed by atoms with Crippen LogP contribution < -0.4 is 4.74 Å². The maximum atomic E-state index is 5.70. The maximum absolute atomic E-state index is 5.70. The highest BCUT2D eigenvalue weighted by molar-refractivity contribution is 5.38. The fraction of sp³-hybridized carbons (Fsp3) is 0.167. The summed E-state index contributed by atoms with van der Waals surface area (Å²) in [5.74, 6) is 0.927. The topological polar surface area (TPSA) is 9.23 Å². The van der Waals surface area contributed by atoms with E-state index < -0.39 is 0 Å². The molecule has 0 spiro atoms. The molecular formula is C12H12O. The van der Waals surface area contributed by atoms with Crippen molar-refractivity contribution >= 4 is 0 Å². The molecule has 1 atom stereocenters. The SMILES string of the molecule is CC(Oc1ccccc1)C1=CC=C1. The molecule has 1 heteroatoms. The average Bonchev–Trinajstić information content (AvgIpc) is 2.02. The van der Waals surface area contributed by atoms with Crippen LogP contribution in [0.1, 0.15) is 6.92 Å². The Bertz CT molecular complexity index is 335. The van der Waals surface area contributed by atoms with Gasteiger partial charge in [-0.2, -0.15) is 0 Å². The number of hydrogen-bond acceptors (Lipinski definition) is 1. The Labute approximate surface area is 78.3 Å². The molecule has 1 aliphatic carbocycles. The summed E-state index contributed by atoms with van der Waals surface area (Å²) in [4.78, 5) is 0. The van der Waals surface area contributed by atoms with Crippen LogP contribution in [0.2, 0.25) is 0 Å². The molecule has 0 N–H and O–H groups in total. The van der Waals surface area contributed by atoms with E-state index in [0.29, 0.717) is 0 Å². The Morgan fingerprint density at radius 3 is 2.38 bits per heavy atom. The van der Waals surface area contributed by atoms with Crippen molar-refractivity contribution in [3.8, 4) is 5.75 Å². The minimum absolute atomic E-state index is 0.160. The van der Waals surface area contributed by atoms with Crippen LogP contribution in [-0.2, 0) is 0 Å². The number of hydrogen-bond donors (Lipinski definition) is 0. The van der Waals surface area contributed by atoms with Crippen LogP contribution >= 0.6 is 0 Å². The van der Waals surface area contributed by atoms with E-state index in [9.17, 15) is 0 Å². The number of rotatable bonds is 3. The van der Waals surface area contributed by atoms with Crippen molar-refractivity contribution in [2.24, 2.45) is 0 Å². The first-order chi connectivity index (χ1) is 6.36. The van der Waals surface area contributed by atoms with Gasteiger partial charge >= 0.3 is 0 Å². The van der Waals surface area contributed by atoms with Crippen LogP contribution in [0.5, 0.6) is 5.75 Å². The van der Waals surface area contributed by atoms with E-state index in [2.05, 4.69) is 19.1 Å². The lowest BCUT2D eigenvalue weighted by Gasteiger charge is -2.18. The smallest absolute Gasteiger partial charge is 0.121 e. The van der Waals surface area contributed by atoms with Crippen molar-refractivity contribution in [3.05, 3.63) is 54.1 Å². The zero-order valence-corrected chi connectivity index (χ0v) is 7.60. The average molecular weight is 172 g/mol. The van der Waals surface area contributed by atoms with Crippen LogP contribution in [0.25, 0.3) is 0 Å². The number of para-hydroxylation sites is 1. The van der Waals surface area contributed by atoms with Gasteiger partial charge in [0.1, 0.15) is 11.9 Å². The van der Waals surface area contributed by atoms with Gasteiger partial charge in [0, 0.05) is 0 Å². The largest absolute Gasteiger partial charge is 0.486 e. The first-order valence-electron chi connectivity index (χ1n) is 4.46. The van der Waals surface area contributed by atoms with Crippen LogP contribution in [0, 0.1) is 0 Å². The summed E-state index contributed by atoms with van der Waals surface area (Å²) in [5, 5.41) is 0. The lowest BCUT2D eigenvalue weighted by molar-refractivity contribution is 0.260. The molecule has 0 aromatic heterocycles. The van der Waals surface area contributed by atoms with E-state index in [0.717, 1.165) is 5.75 Å². The highest BCUT2D eigenvalue weighted by Gasteiger charge is 2.09. The minimum Gasteiger partial charge on any atom is -0.486 e. The number of ether oxygens (including phenoxy) is 1. The molecule has 1 nitrogen and oxygen atoms in total. The van der Waals surface area contributed by atoms with E-state index >= 15 is 0 Å². The van der Waals surface area contributed by atoms with Crippen molar-refractivity contribution in [1.82, 2.24) is 0 Å². The molecule has 1 unspecified atom stereocenters. The fourth-order valence-electron chi connectivity index (χ4n) is 1.25. The lowest BCUT2D eigenvalue weighted by Crippen LogP contribution is -2.15. The molecule has 1 aromatic carbocycles. The van der Waals surface area contributed by atoms with Crippen molar-refractivity contribution in [2.75, 3.05) is 0 Å². The van der Waals surface area contributed by atoms with Gasteiger partial charge in [-0.15, -0.1) is 0 Å². The van der Waals surface area contributed by atoms with Gasteiger partial charge in [0.2, 0.25) is 0 Å². The van der Waals surface area contributed by atoms with Crippen molar-refractivity contribution in [3.63, 3.8) is 0 Å². The second-order valence-electron chi connectivity index (χ2n) is 3.10. The Hall–Kier alpha value is -1.50. The van der Waals surface area contributed by atoms with Gasteiger partial charge in [-0.05, 0) is 24.6 Å². The summed E-state index contributed by atoms with van der Waals surface area (Å²) in [6.07, 6.45) is 6.34. The molecule has 0 saturated heterocycles. The van der Waals surface area contributed by atoms with E-state index in [-0.39, 0.29) is 6.10 Å². The lowest BCUT2D eigenvalue weighted by atomic mass is 10.0. The minimum atomic E-state index is 0.160. The third-order valence-electron chi connectivity index (χ3n) is 2.10. The molecule has 13 heavy (non-hydrogen) atoms. The zero-order chi connectivity index (χ0) is 9.10. The Kier molecular flexibility index (Phi) is 2.17. The van der Waals surface area contributed by atoms with Gasteiger partial charge in [0.05, 0.1) is 0 Å². The molecule has 0 amide bonds. The molecular weight excluding hydrogens is 160 g/mol. The van der Waals surface area contributed by atoms with Crippen LogP contribution in [-0.4, -0.2) is 6.10 Å². The first-order valence-corrected chi connectivity index (χ1v) is 4.46. The van der Waals surface area contributed by atoms with E-state index in [1.165, 1.54) is 5.57 Å². The van der Waals surface area contributed by atoms with Crippen molar-refractivity contribution in [1.29, 1.82) is 0 Å². The Morgan fingerprint density at radius 1 is 1.15 bits per heavy atom. The molecule has 0 saturated carbocycles. The summed E-state index contributed by atoms with van der Waals surface area (Å²) in [5.41, 5.74) is 1.25. The van der Waals surface area contributed by atoms with Gasteiger partial charge in [0.25, 0.3) is 0 Å². The highest BCUT2D eigenvalue weighted by Crippen LogP contribution is 2.19. The van der Waals surface area contributed by atoms with E-state index in [1.54, 1.807) is 0 Å². The Balaban J connectivity index is 1.98. The summed E-state index contributed by atoms with van der Waals surface area (Å²) in [6, 6.07) is 9.89. The van der Waals surface area contributed by atoms with E-state index in [1.807, 2.05) is 36.4 Å². The molecule has 0 heterocycles. The fourth-order valence-corrected chi connectivity index (χ4v) is 1.25. The standard InChI is InChI=1S/C12H12O/c1-10(11-6-5-7-11)13-12-8-3-2-4-9-12/h2-10H,1H3. The predicted molar refractivity (Wildman–Crippen MR) is 53.8 cm³/mol. The molecule has 0 aliphatic heterocycles. The normalized spacial score (nSPS) is 15.9. The van der Waals surface area contributed by atoms with Gasteiger partial charge in [-0.3, -0.25) is 0 Å². The molecule has 2 rings (SSSR count). The monoisotopic (exact) mass is 172 g/mol. The molecule has 0 fully saturated rings. The third-order valence-corrected chi connectivity index (χ3v) is 2.10. The second-order valence-corrected chi connectivity index (χ2v) is 3.10. The Morgan fingerprint density at radius 2 is 1.85 bits per heavy atom. The summed E-state index contributed by atoms with van der Waals surface area (Å²) in [6.45, 7) is 2.06. The molecule has 66 valence electrons. The first kappa shape index (κ1) is 8.11. The highest BCUT2D eigenvalue weighted by atomic mass is 16.5. The van der Waals surface area contributed by atoms with Crippen molar-refractivity contribution in [2.45, 2.75) is 13.0 Å². The summed E-state index contributed by atoms with van der Waals surface area (Å²) in [7, 11) is 0. The van der Waals surface area contributed by atoms with Crippen molar-refractivity contribution < 1.29 is 4.74 Å². The van der Waals surface area contributed by atoms with Crippen LogP contribution in [0.15, 0.2) is 54.1 Å². The quantitative estimate of drug-likeness (QED) is 0.681. The van der Waals surface area contributed by atoms with Gasteiger partial charge < -0.3 is 4.74 Å². The summed E-state index contributed by atoms with van der Waals surface area (Å²) < 4.78 is 5.70. The molecule has 1 aliphatic rings. The van der Waals surface area contributed by atoms with Gasteiger partial charge in [-0.1, -0.05) is 36.4 Å². The third kappa shape index (κ3) is 1.81. The van der Waals surface area contributed by atoms with E-state index in [4.69, 9.17) is 4.74 Å². The van der Waals surface area contributed by atoms with Crippen LogP contribution in [0.3, 0.4) is 0 Å². The number of allylic oxidation sites excluding steroid dienone is 2. The number of benzene rings is 1. The summed E-state index contributed by atoms with van der Waals surface area (Å²) >= 11 is 0. The molecule has 0 bridgehead atoms. The second kappa shape index (κ2) is 3.48. The molecule has 1 aromatic rings. The van der Waals surface area contributed by atoms with Crippen LogP contribution in [0.4, 0.5) is 0 Å². The zero-order valence-electron chi connectivity index (χ0n) is 7.60. The van der Waals surface area contributed by atoms with Gasteiger partial charge in [0.15, 0.2) is 0 Å². The predicted octanol–water partition coefficient (Wildman–Crippen LogP) is 2.95.